The minimum atomic E-state index is -4.55. The zero-order valence-electron chi connectivity index (χ0n) is 35.8. The number of halogens is 1. The Morgan fingerprint density at radius 1 is 0.968 bits per heavy atom. The van der Waals surface area contributed by atoms with Crippen molar-refractivity contribution in [1.29, 1.82) is 0 Å². The lowest BCUT2D eigenvalue weighted by Crippen LogP contribution is -2.47. The van der Waals surface area contributed by atoms with E-state index in [1.54, 1.807) is 12.1 Å². The van der Waals surface area contributed by atoms with Gasteiger partial charge in [0.2, 0.25) is 0 Å². The summed E-state index contributed by atoms with van der Waals surface area (Å²) >= 11 is 6.25. The Balaban J connectivity index is 1.02. The highest BCUT2D eigenvalue weighted by atomic mass is 35.5. The molecule has 4 aromatic rings. The number of nitro benzene ring substituents is 1. The molecule has 1 aliphatic carbocycles. The molecule has 3 heterocycles. The maximum Gasteiger partial charge on any atom is 0.293 e. The van der Waals surface area contributed by atoms with Gasteiger partial charge in [-0.25, -0.2) is 13.1 Å². The number of rotatable bonds is 14. The van der Waals surface area contributed by atoms with E-state index in [4.69, 9.17) is 21.1 Å². The summed E-state index contributed by atoms with van der Waals surface area (Å²) < 4.78 is 41.7. The van der Waals surface area contributed by atoms with E-state index in [9.17, 15) is 23.3 Å². The lowest BCUT2D eigenvalue weighted by molar-refractivity contribution is -0.384. The SMILES string of the molecule is CC1(C)CCC(CN2CCN(c3ccc(C(=O)NS(=O)(=O)c4ccc(NCC5CCOCC5)c([N+](=O)[O-])c4)c(Oc4ccccc4C4CCNN4)c3)CC2)=C(c2ccc(Cl)cc2)C1. The van der Waals surface area contributed by atoms with Gasteiger partial charge < -0.3 is 19.7 Å². The Hall–Kier alpha value is -5.03. The number of hydrogen-bond acceptors (Lipinski definition) is 12. The number of amides is 1. The molecule has 4 aromatic carbocycles. The highest BCUT2D eigenvalue weighted by Crippen LogP contribution is 2.44. The number of anilines is 2. The molecule has 0 spiro atoms. The molecule has 3 aliphatic heterocycles. The Morgan fingerprint density at radius 2 is 1.73 bits per heavy atom. The Labute approximate surface area is 374 Å². The van der Waals surface area contributed by atoms with Crippen molar-refractivity contribution in [1.82, 2.24) is 20.5 Å². The quantitative estimate of drug-likeness (QED) is 0.0707. The normalized spacial score (nSPS) is 19.8. The lowest BCUT2D eigenvalue weighted by atomic mass is 9.72. The number of benzene rings is 4. The van der Waals surface area contributed by atoms with Crippen LogP contribution in [0.15, 0.2) is 95.4 Å². The Morgan fingerprint density at radius 3 is 2.46 bits per heavy atom. The van der Waals surface area contributed by atoms with Crippen molar-refractivity contribution >= 4 is 50.2 Å². The van der Waals surface area contributed by atoms with Crippen LogP contribution in [0.2, 0.25) is 5.02 Å². The fourth-order valence-corrected chi connectivity index (χ4v) is 10.1. The van der Waals surface area contributed by atoms with Crippen molar-refractivity contribution in [3.63, 3.8) is 0 Å². The summed E-state index contributed by atoms with van der Waals surface area (Å²) in [5.74, 6) is 0.0579. The molecule has 8 rings (SSSR count). The third-order valence-electron chi connectivity index (χ3n) is 12.7. The highest BCUT2D eigenvalue weighted by molar-refractivity contribution is 7.90. The molecule has 3 saturated heterocycles. The molecule has 1 atom stereocenters. The molecule has 0 bridgehead atoms. The van der Waals surface area contributed by atoms with Gasteiger partial charge in [0, 0.05) is 87.4 Å². The van der Waals surface area contributed by atoms with Crippen molar-refractivity contribution in [2.45, 2.75) is 63.3 Å². The number of sulfonamides is 1. The summed E-state index contributed by atoms with van der Waals surface area (Å²) in [5, 5.41) is 16.0. The third kappa shape index (κ3) is 10.8. The first kappa shape index (κ1) is 44.6. The summed E-state index contributed by atoms with van der Waals surface area (Å²) in [4.78, 5) is 29.9. The van der Waals surface area contributed by atoms with Gasteiger partial charge in [-0.05, 0) is 103 Å². The van der Waals surface area contributed by atoms with E-state index in [1.807, 2.05) is 42.5 Å². The maximum absolute atomic E-state index is 14.1. The van der Waals surface area contributed by atoms with Crippen LogP contribution in [-0.2, 0) is 14.8 Å². The first-order valence-electron chi connectivity index (χ1n) is 21.8. The summed E-state index contributed by atoms with van der Waals surface area (Å²) in [6.07, 6.45) is 5.68. The van der Waals surface area contributed by atoms with Crippen LogP contribution < -0.4 is 30.5 Å². The Kier molecular flexibility index (Phi) is 13.7. The van der Waals surface area contributed by atoms with Gasteiger partial charge in [0.1, 0.15) is 17.2 Å². The fraction of sp³-hybridized carbons (Fsp3) is 0.426. The third-order valence-corrected chi connectivity index (χ3v) is 14.3. The van der Waals surface area contributed by atoms with Gasteiger partial charge in [-0.15, -0.1) is 0 Å². The predicted molar refractivity (Wildman–Crippen MR) is 246 cm³/mol. The monoisotopic (exact) mass is 897 g/mol. The van der Waals surface area contributed by atoms with E-state index in [-0.39, 0.29) is 34.4 Å². The second-order valence-electron chi connectivity index (χ2n) is 17.7. The van der Waals surface area contributed by atoms with Crippen molar-refractivity contribution in [2.24, 2.45) is 11.3 Å². The molecule has 1 amide bonds. The van der Waals surface area contributed by atoms with Gasteiger partial charge in [-0.3, -0.25) is 30.7 Å². The van der Waals surface area contributed by atoms with Gasteiger partial charge >= 0.3 is 0 Å². The zero-order chi connectivity index (χ0) is 44.1. The van der Waals surface area contributed by atoms with Gasteiger partial charge in [0.15, 0.2) is 0 Å². The molecule has 0 radical (unpaired) electrons. The molecule has 0 saturated carbocycles. The van der Waals surface area contributed by atoms with E-state index in [0.29, 0.717) is 25.5 Å². The van der Waals surface area contributed by atoms with Gasteiger partial charge in [-0.2, -0.15) is 0 Å². The van der Waals surface area contributed by atoms with Gasteiger partial charge in [0.25, 0.3) is 21.6 Å². The van der Waals surface area contributed by atoms with Crippen LogP contribution in [0.5, 0.6) is 11.5 Å². The number of nitrogens with zero attached hydrogens (tertiary/aromatic N) is 3. The number of nitrogens with one attached hydrogen (secondary N) is 4. The topological polar surface area (TPSA) is 167 Å². The molecule has 0 aromatic heterocycles. The molecule has 334 valence electrons. The van der Waals surface area contributed by atoms with Crippen LogP contribution in [-0.4, -0.2) is 83.2 Å². The minimum absolute atomic E-state index is 0.000549. The van der Waals surface area contributed by atoms with Crippen LogP contribution >= 0.6 is 11.6 Å². The van der Waals surface area contributed by atoms with Crippen molar-refractivity contribution < 1.29 is 27.6 Å². The number of allylic oxidation sites excluding steroid dienone is 1. The second-order valence-corrected chi connectivity index (χ2v) is 19.9. The van der Waals surface area contributed by atoms with Gasteiger partial charge in [-0.1, -0.05) is 61.4 Å². The van der Waals surface area contributed by atoms with E-state index >= 15 is 0 Å². The van der Waals surface area contributed by atoms with E-state index in [2.05, 4.69) is 56.7 Å². The summed E-state index contributed by atoms with van der Waals surface area (Å²) in [5.41, 5.74) is 12.3. The molecule has 1 unspecified atom stereocenters. The molecule has 4 N–H and O–H groups in total. The first-order valence-corrected chi connectivity index (χ1v) is 23.7. The molecular formula is C47H56ClN7O7S. The highest BCUT2D eigenvalue weighted by Gasteiger charge is 2.31. The zero-order valence-corrected chi connectivity index (χ0v) is 37.4. The van der Waals surface area contributed by atoms with Crippen molar-refractivity contribution in [3.8, 4) is 11.5 Å². The number of carbonyl (C=O) groups is 1. The maximum atomic E-state index is 14.1. The lowest BCUT2D eigenvalue weighted by Gasteiger charge is -2.39. The van der Waals surface area contributed by atoms with E-state index in [0.717, 1.165) is 100 Å². The smallest absolute Gasteiger partial charge is 0.293 e. The molecule has 3 fully saturated rings. The van der Waals surface area contributed by atoms with E-state index < -0.39 is 31.4 Å². The standard InChI is InChI=1S/C47H56ClN7O7S/c1-47(2)19-15-34(40(29-47)33-7-9-35(48)10-8-33)31-53-21-23-54(24-22-53)36-11-13-39(45(27-36)62-44-6-4-3-5-38(44)41-16-20-50-51-41)46(56)52-63(59,60)37-12-14-42(43(28-37)55(57)58)49-30-32-17-25-61-26-18-32/h3-14,27-28,32,41,49-51H,15-26,29-31H2,1-2H3,(H,52,56). The minimum Gasteiger partial charge on any atom is -0.456 e. The molecule has 16 heteroatoms. The number of ether oxygens (including phenoxy) is 2. The second kappa shape index (κ2) is 19.4. The summed E-state index contributed by atoms with van der Waals surface area (Å²) in [6, 6.07) is 24.5. The average Bonchev–Trinajstić information content (AvgIpc) is 3.82. The molecular weight excluding hydrogens is 842 g/mol. The fourth-order valence-electron chi connectivity index (χ4n) is 8.99. The summed E-state index contributed by atoms with van der Waals surface area (Å²) in [6.45, 7) is 11.2. The predicted octanol–water partition coefficient (Wildman–Crippen LogP) is 8.32. The van der Waals surface area contributed by atoms with Crippen LogP contribution in [0.25, 0.3) is 5.57 Å². The molecule has 4 aliphatic rings. The van der Waals surface area contributed by atoms with Gasteiger partial charge in [0.05, 0.1) is 21.4 Å². The van der Waals surface area contributed by atoms with Crippen molar-refractivity contribution in [3.05, 3.63) is 122 Å². The molecule has 63 heavy (non-hydrogen) atoms. The number of hydrogen-bond donors (Lipinski definition) is 4. The largest absolute Gasteiger partial charge is 0.456 e. The Bertz CT molecular complexity index is 2440. The number of carbonyl (C=O) groups excluding carboxylic acids is 1. The average molecular weight is 899 g/mol. The molecule has 14 nitrogen and oxygen atoms in total. The number of hydrazine groups is 1. The van der Waals surface area contributed by atoms with Crippen molar-refractivity contribution in [2.75, 3.05) is 69.2 Å². The number of piperazine rings is 1. The van der Waals surface area contributed by atoms with Crippen LogP contribution in [0, 0.1) is 21.4 Å². The van der Waals surface area contributed by atoms with E-state index in [1.165, 1.54) is 28.8 Å². The number of para-hydroxylation sites is 1. The van der Waals surface area contributed by atoms with Crippen LogP contribution in [0.1, 0.15) is 79.9 Å². The number of nitro groups is 1. The van der Waals surface area contributed by atoms with Crippen LogP contribution in [0.4, 0.5) is 17.1 Å². The first-order chi connectivity index (χ1) is 30.3. The van der Waals surface area contributed by atoms with Crippen LogP contribution in [0.3, 0.4) is 0 Å². The summed E-state index contributed by atoms with van der Waals surface area (Å²) in [7, 11) is -4.55.